The Morgan fingerprint density at radius 1 is 1.06 bits per heavy atom. The lowest BCUT2D eigenvalue weighted by atomic mass is 10.2. The highest BCUT2D eigenvalue weighted by Gasteiger charge is 2.09. The molecule has 0 saturated heterocycles. The number of rotatable bonds is 2. The average Bonchev–Trinajstić information content (AvgIpc) is 2.36. The third-order valence-electron chi connectivity index (χ3n) is 2.19. The molecule has 0 bridgehead atoms. The zero-order valence-corrected chi connectivity index (χ0v) is 11.3. The van der Waals surface area contributed by atoms with Crippen molar-refractivity contribution in [1.29, 1.82) is 5.26 Å². The Morgan fingerprint density at radius 3 is 2.50 bits per heavy atom. The Morgan fingerprint density at radius 2 is 1.83 bits per heavy atom. The summed E-state index contributed by atoms with van der Waals surface area (Å²) in [6.45, 7) is 0. The highest BCUT2D eigenvalue weighted by atomic mass is 35.5. The molecule has 2 rings (SSSR count). The summed E-state index contributed by atoms with van der Waals surface area (Å²) in [6.07, 6.45) is 0. The maximum Gasteiger partial charge on any atom is 0.192 e. The van der Waals surface area contributed by atoms with Gasteiger partial charge in [0, 0.05) is 9.92 Å². The largest absolute Gasteiger partial charge is 0.289 e. The van der Waals surface area contributed by atoms with Crippen LogP contribution in [0.4, 0.5) is 0 Å². The van der Waals surface area contributed by atoms with E-state index in [-0.39, 0.29) is 5.75 Å². The van der Waals surface area contributed by atoms with Gasteiger partial charge in [-0.05, 0) is 36.4 Å². The van der Waals surface area contributed by atoms with Crippen LogP contribution in [0.15, 0.2) is 46.2 Å². The van der Waals surface area contributed by atoms with Crippen molar-refractivity contribution in [2.45, 2.75) is 9.79 Å². The van der Waals surface area contributed by atoms with Gasteiger partial charge in [-0.1, -0.05) is 35.0 Å². The highest BCUT2D eigenvalue weighted by molar-refractivity contribution is 7.99. The minimum Gasteiger partial charge on any atom is -0.289 e. The van der Waals surface area contributed by atoms with E-state index >= 15 is 0 Å². The highest BCUT2D eigenvalue weighted by Crippen LogP contribution is 2.39. The van der Waals surface area contributed by atoms with Crippen molar-refractivity contribution in [2.75, 3.05) is 0 Å². The van der Waals surface area contributed by atoms with Gasteiger partial charge in [-0.3, -0.25) is 5.11 Å². The minimum absolute atomic E-state index is 0.107. The van der Waals surface area contributed by atoms with Gasteiger partial charge >= 0.3 is 0 Å². The second-order valence-electron chi connectivity index (χ2n) is 3.45. The molecule has 2 aromatic carbocycles. The molecule has 0 aliphatic heterocycles. The number of halogens is 2. The van der Waals surface area contributed by atoms with Crippen LogP contribution in [0.5, 0.6) is 5.75 Å². The molecule has 0 aliphatic rings. The fourth-order valence-corrected chi connectivity index (χ4v) is 2.75. The number of hydrogen-bond donors (Lipinski definition) is 0. The molecule has 0 aliphatic carbocycles. The molecule has 0 atom stereocenters. The molecule has 0 unspecified atom stereocenters. The molecule has 0 N–H and O–H groups in total. The van der Waals surface area contributed by atoms with Crippen LogP contribution in [0.25, 0.3) is 0 Å². The average molecular weight is 295 g/mol. The molecule has 2 aromatic rings. The molecule has 18 heavy (non-hydrogen) atoms. The molecule has 0 saturated carbocycles. The van der Waals surface area contributed by atoms with Gasteiger partial charge in [0.15, 0.2) is 5.75 Å². The third-order valence-corrected chi connectivity index (χ3v) is 3.96. The zero-order chi connectivity index (χ0) is 13.1. The molecule has 2 nitrogen and oxygen atoms in total. The first-order valence-corrected chi connectivity index (χ1v) is 6.51. The van der Waals surface area contributed by atoms with Gasteiger partial charge in [-0.25, -0.2) is 0 Å². The summed E-state index contributed by atoms with van der Waals surface area (Å²) in [7, 11) is 0. The molecule has 89 valence electrons. The monoisotopic (exact) mass is 294 g/mol. The molecule has 0 heterocycles. The molecule has 5 heteroatoms. The van der Waals surface area contributed by atoms with E-state index in [4.69, 9.17) is 28.5 Å². The summed E-state index contributed by atoms with van der Waals surface area (Å²) in [4.78, 5) is 1.23. The van der Waals surface area contributed by atoms with Crippen LogP contribution < -0.4 is 0 Å². The first kappa shape index (κ1) is 13.1. The molecular weight excluding hydrogens is 289 g/mol. The van der Waals surface area contributed by atoms with E-state index in [2.05, 4.69) is 0 Å². The van der Waals surface area contributed by atoms with Crippen LogP contribution in [-0.2, 0) is 5.11 Å². The van der Waals surface area contributed by atoms with Gasteiger partial charge in [-0.2, -0.15) is 5.26 Å². The van der Waals surface area contributed by atoms with Crippen LogP contribution in [0.3, 0.4) is 0 Å². The van der Waals surface area contributed by atoms with Crippen molar-refractivity contribution < 1.29 is 5.11 Å². The van der Waals surface area contributed by atoms with Gasteiger partial charge in [-0.15, -0.1) is 0 Å². The Labute approximate surface area is 119 Å². The van der Waals surface area contributed by atoms with Crippen molar-refractivity contribution in [3.8, 4) is 11.8 Å². The minimum atomic E-state index is -0.107. The van der Waals surface area contributed by atoms with Crippen LogP contribution in [0.2, 0.25) is 10.0 Å². The lowest BCUT2D eigenvalue weighted by Gasteiger charge is -2.05. The van der Waals surface area contributed by atoms with Crippen LogP contribution in [0, 0.1) is 11.3 Å². The van der Waals surface area contributed by atoms with Crippen molar-refractivity contribution in [2.24, 2.45) is 0 Å². The standard InChI is InChI=1S/C13H6Cl2NOS/c14-9-2-3-11(17)13(6-9)18-12-4-1-8(7-16)5-10(12)15/h1-6H. The van der Waals surface area contributed by atoms with Crippen LogP contribution in [0.1, 0.15) is 5.56 Å². The second kappa shape index (κ2) is 5.53. The quantitative estimate of drug-likeness (QED) is 0.768. The van der Waals surface area contributed by atoms with E-state index in [0.717, 1.165) is 4.90 Å². The summed E-state index contributed by atoms with van der Waals surface area (Å²) < 4.78 is 0. The van der Waals surface area contributed by atoms with E-state index in [0.29, 0.717) is 20.5 Å². The summed E-state index contributed by atoms with van der Waals surface area (Å²) in [6, 6.07) is 11.5. The second-order valence-corrected chi connectivity index (χ2v) is 5.38. The van der Waals surface area contributed by atoms with Crippen molar-refractivity contribution in [3.63, 3.8) is 0 Å². The van der Waals surface area contributed by atoms with E-state index in [1.165, 1.54) is 17.8 Å². The number of nitrogens with zero attached hydrogens (tertiary/aromatic N) is 1. The Kier molecular flexibility index (Phi) is 4.03. The summed E-state index contributed by atoms with van der Waals surface area (Å²) >= 11 is 13.1. The Bertz CT molecular complexity index is 637. The lowest BCUT2D eigenvalue weighted by molar-refractivity contribution is 0.344. The first-order chi connectivity index (χ1) is 8.60. The van der Waals surface area contributed by atoms with E-state index in [1.807, 2.05) is 6.07 Å². The van der Waals surface area contributed by atoms with Gasteiger partial charge < -0.3 is 0 Å². The Hall–Kier alpha value is -1.34. The van der Waals surface area contributed by atoms with E-state index in [9.17, 15) is 5.11 Å². The number of benzene rings is 2. The normalized spacial score (nSPS) is 10.1. The maximum absolute atomic E-state index is 11.6. The maximum atomic E-state index is 11.6. The van der Waals surface area contributed by atoms with E-state index < -0.39 is 0 Å². The summed E-state index contributed by atoms with van der Waals surface area (Å²) in [5, 5.41) is 21.3. The van der Waals surface area contributed by atoms with Crippen molar-refractivity contribution in [3.05, 3.63) is 52.0 Å². The number of hydrogen-bond acceptors (Lipinski definition) is 2. The predicted molar refractivity (Wildman–Crippen MR) is 71.9 cm³/mol. The zero-order valence-electron chi connectivity index (χ0n) is 8.98. The van der Waals surface area contributed by atoms with Crippen molar-refractivity contribution in [1.82, 2.24) is 0 Å². The van der Waals surface area contributed by atoms with Gasteiger partial charge in [0.05, 0.1) is 21.6 Å². The third kappa shape index (κ3) is 2.91. The molecular formula is C13H6Cl2NOS. The van der Waals surface area contributed by atoms with Crippen molar-refractivity contribution >= 4 is 35.0 Å². The summed E-state index contributed by atoms with van der Waals surface area (Å²) in [5.74, 6) is -0.107. The van der Waals surface area contributed by atoms with Gasteiger partial charge in [0.1, 0.15) is 0 Å². The van der Waals surface area contributed by atoms with Crippen LogP contribution in [-0.4, -0.2) is 0 Å². The molecule has 1 radical (unpaired) electrons. The fourth-order valence-electron chi connectivity index (χ4n) is 1.33. The predicted octanol–water partition coefficient (Wildman–Crippen LogP) is 5.16. The molecule has 0 fully saturated rings. The lowest BCUT2D eigenvalue weighted by Crippen LogP contribution is -1.80. The SMILES string of the molecule is N#Cc1ccc(Sc2cc(Cl)ccc2[O])c(Cl)c1. The Balaban J connectivity index is 2.34. The molecule has 0 amide bonds. The molecule has 0 spiro atoms. The molecule has 0 aromatic heterocycles. The first-order valence-electron chi connectivity index (χ1n) is 4.94. The number of nitriles is 1. The van der Waals surface area contributed by atoms with Gasteiger partial charge in [0.2, 0.25) is 0 Å². The summed E-state index contributed by atoms with van der Waals surface area (Å²) in [5.41, 5.74) is 0.484. The van der Waals surface area contributed by atoms with Crippen LogP contribution >= 0.6 is 35.0 Å². The fraction of sp³-hybridized carbons (Fsp3) is 0. The smallest absolute Gasteiger partial charge is 0.192 e. The topological polar surface area (TPSA) is 43.7 Å². The van der Waals surface area contributed by atoms with Gasteiger partial charge in [0.25, 0.3) is 0 Å². The van der Waals surface area contributed by atoms with E-state index in [1.54, 1.807) is 30.3 Å².